The Morgan fingerprint density at radius 2 is 1.83 bits per heavy atom. The molecule has 12 heteroatoms. The lowest BCUT2D eigenvalue weighted by Crippen LogP contribution is -2.54. The summed E-state index contributed by atoms with van der Waals surface area (Å²) in [5.74, 6) is -1.29. The molecule has 2 aliphatic heterocycles. The zero-order chi connectivity index (χ0) is 33.7. The van der Waals surface area contributed by atoms with Gasteiger partial charge in [0.15, 0.2) is 5.65 Å². The quantitative estimate of drug-likeness (QED) is 0.248. The van der Waals surface area contributed by atoms with Crippen molar-refractivity contribution in [3.63, 3.8) is 0 Å². The van der Waals surface area contributed by atoms with Crippen molar-refractivity contribution in [2.45, 2.75) is 58.5 Å². The van der Waals surface area contributed by atoms with E-state index in [9.17, 15) is 9.59 Å². The van der Waals surface area contributed by atoms with Gasteiger partial charge in [0.1, 0.15) is 23.1 Å². The molecule has 0 unspecified atom stereocenters. The van der Waals surface area contributed by atoms with Gasteiger partial charge in [-0.15, -0.1) is 5.10 Å². The average Bonchev–Trinajstić information content (AvgIpc) is 3.51. The second-order valence-corrected chi connectivity index (χ2v) is 12.8. The van der Waals surface area contributed by atoms with Gasteiger partial charge in [0, 0.05) is 37.4 Å². The first-order valence-electron chi connectivity index (χ1n) is 16.2. The predicted octanol–water partition coefficient (Wildman–Crippen LogP) is 5.20. The van der Waals surface area contributed by atoms with Crippen molar-refractivity contribution >= 4 is 22.8 Å². The molecule has 10 nitrogen and oxygen atoms in total. The Morgan fingerprint density at radius 1 is 1.04 bits per heavy atom. The SMILES string of the molecule is C=CC(=O)N1CCN(c2nc(=O)n3c4nc(c(F)cc24)-c2c(F)cccc2Cn2cc(nn2)CCCc2cccc(C(C)C)c2-3)[C@@H](C)C1. The van der Waals surface area contributed by atoms with Crippen LogP contribution < -0.4 is 10.6 Å². The number of rotatable bonds is 3. The molecule has 2 aromatic carbocycles. The van der Waals surface area contributed by atoms with Gasteiger partial charge < -0.3 is 9.80 Å². The van der Waals surface area contributed by atoms with E-state index in [0.29, 0.717) is 49.1 Å². The molecule has 1 saturated heterocycles. The number of carbonyl (C=O) groups is 1. The molecular weight excluding hydrogens is 614 g/mol. The van der Waals surface area contributed by atoms with Crippen molar-refractivity contribution in [1.82, 2.24) is 34.4 Å². The third kappa shape index (κ3) is 5.44. The van der Waals surface area contributed by atoms with E-state index in [2.05, 4.69) is 21.9 Å². The van der Waals surface area contributed by atoms with Crippen LogP contribution in [0.3, 0.4) is 0 Å². The highest BCUT2D eigenvalue weighted by Gasteiger charge is 2.31. The summed E-state index contributed by atoms with van der Waals surface area (Å²) >= 11 is 0. The fraction of sp³-hybridized carbons (Fsp3) is 0.333. The van der Waals surface area contributed by atoms with Gasteiger partial charge >= 0.3 is 5.69 Å². The van der Waals surface area contributed by atoms with Crippen molar-refractivity contribution in [2.75, 3.05) is 24.5 Å². The van der Waals surface area contributed by atoms with Crippen molar-refractivity contribution in [2.24, 2.45) is 0 Å². The highest BCUT2D eigenvalue weighted by molar-refractivity contribution is 5.91. The third-order valence-electron chi connectivity index (χ3n) is 9.32. The van der Waals surface area contributed by atoms with Crippen LogP contribution in [0.2, 0.25) is 0 Å². The molecule has 4 bridgehead atoms. The maximum Gasteiger partial charge on any atom is 0.355 e. The molecule has 246 valence electrons. The number of amides is 1. The Labute approximate surface area is 276 Å². The molecule has 0 N–H and O–H groups in total. The number of halogens is 2. The molecule has 2 aliphatic rings. The van der Waals surface area contributed by atoms with E-state index in [1.54, 1.807) is 21.7 Å². The number of benzene rings is 2. The second-order valence-electron chi connectivity index (χ2n) is 12.8. The first-order chi connectivity index (χ1) is 23.1. The lowest BCUT2D eigenvalue weighted by Gasteiger charge is -2.40. The highest BCUT2D eigenvalue weighted by atomic mass is 19.1. The number of para-hydroxylation sites is 1. The van der Waals surface area contributed by atoms with Crippen molar-refractivity contribution in [1.29, 1.82) is 0 Å². The first-order valence-corrected chi connectivity index (χ1v) is 16.2. The molecule has 1 amide bonds. The number of aryl methyl sites for hydroxylation is 2. The second kappa shape index (κ2) is 12.4. The molecule has 0 saturated carbocycles. The lowest BCUT2D eigenvalue weighted by atomic mass is 9.94. The van der Waals surface area contributed by atoms with Crippen LogP contribution in [-0.2, 0) is 24.2 Å². The van der Waals surface area contributed by atoms with E-state index < -0.39 is 17.3 Å². The standard InChI is InChI=1S/C36H36F2N8O2/c1-5-30(47)43-15-16-45(22(4)18-43)34-27-17-29(38)32-31-24(11-8-14-28(31)37)19-44-20-25(41-42-44)12-6-9-23-10-7-13-26(21(2)3)33(23)46(35(27)39-32)36(48)40-34/h5,7-8,10-11,13-14,17,20-22H,1,6,9,12,15-16,18-19H2,2-4H3/t22-/m0/s1. The number of hydrogen-bond acceptors (Lipinski definition) is 7. The van der Waals surface area contributed by atoms with Gasteiger partial charge in [0.25, 0.3) is 0 Å². The van der Waals surface area contributed by atoms with Crippen LogP contribution in [0.25, 0.3) is 28.0 Å². The summed E-state index contributed by atoms with van der Waals surface area (Å²) in [6, 6.07) is 11.6. The smallest absolute Gasteiger partial charge is 0.350 e. The minimum absolute atomic E-state index is 0.0107. The Hall–Kier alpha value is -5.26. The highest BCUT2D eigenvalue weighted by Crippen LogP contribution is 2.36. The van der Waals surface area contributed by atoms with Crippen LogP contribution in [0.4, 0.5) is 14.6 Å². The molecule has 48 heavy (non-hydrogen) atoms. The van der Waals surface area contributed by atoms with E-state index in [1.165, 1.54) is 22.8 Å². The van der Waals surface area contributed by atoms with Crippen LogP contribution in [0.1, 0.15) is 55.5 Å². The van der Waals surface area contributed by atoms with E-state index in [4.69, 9.17) is 4.98 Å². The average molecular weight is 651 g/mol. The largest absolute Gasteiger partial charge is 0.355 e. The summed E-state index contributed by atoms with van der Waals surface area (Å²) in [4.78, 5) is 39.8. The number of fused-ring (bicyclic) bond motifs is 7. The molecule has 1 fully saturated rings. The van der Waals surface area contributed by atoms with Crippen LogP contribution >= 0.6 is 0 Å². The molecular formula is C36H36F2N8O2. The Bertz CT molecular complexity index is 2140. The Morgan fingerprint density at radius 3 is 2.60 bits per heavy atom. The molecule has 3 aromatic heterocycles. The molecule has 0 aliphatic carbocycles. The molecule has 5 heterocycles. The Balaban J connectivity index is 1.54. The number of nitrogens with zero attached hydrogens (tertiary/aromatic N) is 8. The predicted molar refractivity (Wildman–Crippen MR) is 179 cm³/mol. The van der Waals surface area contributed by atoms with Crippen LogP contribution in [0, 0.1) is 11.6 Å². The van der Waals surface area contributed by atoms with Crippen LogP contribution in [0.15, 0.2) is 66.1 Å². The van der Waals surface area contributed by atoms with Gasteiger partial charge in [-0.1, -0.05) is 56.0 Å². The van der Waals surface area contributed by atoms with E-state index in [0.717, 1.165) is 23.2 Å². The number of carbonyl (C=O) groups excluding carboxylic acids is 1. The summed E-state index contributed by atoms with van der Waals surface area (Å²) in [5, 5.41) is 8.91. The van der Waals surface area contributed by atoms with Crippen molar-refractivity contribution in [3.05, 3.63) is 106 Å². The summed E-state index contributed by atoms with van der Waals surface area (Å²) in [6.07, 6.45) is 5.10. The van der Waals surface area contributed by atoms with Crippen LogP contribution in [0.5, 0.6) is 0 Å². The van der Waals surface area contributed by atoms with Gasteiger partial charge in [-0.05, 0) is 67.0 Å². The van der Waals surface area contributed by atoms with Crippen molar-refractivity contribution < 1.29 is 13.6 Å². The third-order valence-corrected chi connectivity index (χ3v) is 9.32. The minimum atomic E-state index is -0.754. The summed E-state index contributed by atoms with van der Waals surface area (Å²) < 4.78 is 35.4. The van der Waals surface area contributed by atoms with Crippen LogP contribution in [-0.4, -0.2) is 66.0 Å². The van der Waals surface area contributed by atoms with Crippen molar-refractivity contribution in [3.8, 4) is 16.9 Å². The lowest BCUT2D eigenvalue weighted by molar-refractivity contribution is -0.126. The zero-order valence-electron chi connectivity index (χ0n) is 27.2. The van der Waals surface area contributed by atoms with Gasteiger partial charge in [-0.3, -0.25) is 4.79 Å². The zero-order valence-corrected chi connectivity index (χ0v) is 27.2. The monoisotopic (exact) mass is 650 g/mol. The van der Waals surface area contributed by atoms with Gasteiger partial charge in [-0.2, -0.15) is 4.98 Å². The first kappa shape index (κ1) is 31.3. The molecule has 0 radical (unpaired) electrons. The van der Waals surface area contributed by atoms with E-state index >= 15 is 8.78 Å². The minimum Gasteiger partial charge on any atom is -0.350 e. The molecule has 7 rings (SSSR count). The number of pyridine rings is 1. The van der Waals surface area contributed by atoms with E-state index in [-0.39, 0.29) is 47.1 Å². The summed E-state index contributed by atoms with van der Waals surface area (Å²) in [5.41, 5.74) is 3.09. The topological polar surface area (TPSA) is 102 Å². The fourth-order valence-corrected chi connectivity index (χ4v) is 6.99. The normalized spacial score (nSPS) is 16.4. The fourth-order valence-electron chi connectivity index (χ4n) is 6.99. The molecule has 1 atom stereocenters. The maximum atomic E-state index is 16.5. The summed E-state index contributed by atoms with van der Waals surface area (Å²) in [7, 11) is 0. The Kier molecular flexibility index (Phi) is 8.10. The maximum absolute atomic E-state index is 16.5. The number of hydrogen-bond donors (Lipinski definition) is 0. The van der Waals surface area contributed by atoms with E-state index in [1.807, 2.05) is 50.1 Å². The number of anilines is 1. The molecule has 0 spiro atoms. The van der Waals surface area contributed by atoms with Gasteiger partial charge in [0.2, 0.25) is 5.91 Å². The van der Waals surface area contributed by atoms with Gasteiger partial charge in [0.05, 0.1) is 23.3 Å². The van der Waals surface area contributed by atoms with Gasteiger partial charge in [-0.25, -0.2) is 27.8 Å². The summed E-state index contributed by atoms with van der Waals surface area (Å²) in [6.45, 7) is 10.9. The molecule has 5 aromatic rings. The number of piperazine rings is 1. The number of aromatic nitrogens is 6.